The number of anilines is 2. The molecule has 1 aromatic rings. The van der Waals surface area contributed by atoms with Crippen LogP contribution in [0.2, 0.25) is 0 Å². The third-order valence-corrected chi connectivity index (χ3v) is 7.74. The molecule has 5 atom stereocenters. The lowest BCUT2D eigenvalue weighted by molar-refractivity contribution is -0.138. The van der Waals surface area contributed by atoms with E-state index in [1.807, 2.05) is 11.9 Å². The van der Waals surface area contributed by atoms with Gasteiger partial charge in [0.2, 0.25) is 11.8 Å². The number of nitroso groups, excluding NO2 is 1. The quantitative estimate of drug-likeness (QED) is 0.415. The summed E-state index contributed by atoms with van der Waals surface area (Å²) in [4.78, 5) is 48.9. The molecule has 210 valence electrons. The number of carbonyl (C=O) groups excluding carboxylic acids is 2. The van der Waals surface area contributed by atoms with Gasteiger partial charge in [0.25, 0.3) is 0 Å². The molecule has 0 aromatic carbocycles. The minimum atomic E-state index is -1.41. The molecule has 1 aromatic heterocycles. The lowest BCUT2D eigenvalue weighted by atomic mass is 9.98. The normalized spacial score (nSPS) is 27.0. The van der Waals surface area contributed by atoms with Crippen molar-refractivity contribution in [3.8, 4) is 0 Å². The van der Waals surface area contributed by atoms with Crippen LogP contribution in [0.1, 0.15) is 19.3 Å². The minimum absolute atomic E-state index is 0.00319. The van der Waals surface area contributed by atoms with Gasteiger partial charge in [0.1, 0.15) is 17.8 Å². The highest BCUT2D eigenvalue weighted by Gasteiger charge is 2.40. The zero-order valence-electron chi connectivity index (χ0n) is 21.9. The number of piperidine rings is 1. The molecule has 12 nitrogen and oxygen atoms in total. The van der Waals surface area contributed by atoms with Crippen molar-refractivity contribution in [2.45, 2.75) is 43.8 Å². The molecule has 38 heavy (non-hydrogen) atoms. The predicted octanol–water partition coefficient (Wildman–Crippen LogP) is 0.159. The molecule has 14 heteroatoms. The van der Waals surface area contributed by atoms with Crippen molar-refractivity contribution in [1.29, 1.82) is 0 Å². The predicted molar refractivity (Wildman–Crippen MR) is 138 cm³/mol. The Bertz CT molecular complexity index is 1010. The summed E-state index contributed by atoms with van der Waals surface area (Å²) in [5.74, 6) is -2.37. The van der Waals surface area contributed by atoms with Crippen LogP contribution >= 0.6 is 0 Å². The molecule has 0 radical (unpaired) electrons. The number of nitrogens with two attached hydrogens (primary N) is 1. The molecule has 2 amide bonds. The number of carbonyl (C=O) groups is 2. The molecule has 0 bridgehead atoms. The van der Waals surface area contributed by atoms with Crippen molar-refractivity contribution in [3.63, 3.8) is 0 Å². The second kappa shape index (κ2) is 12.4. The molecule has 4 heterocycles. The molecule has 4 N–H and O–H groups in total. The van der Waals surface area contributed by atoms with Crippen molar-refractivity contribution in [2.24, 2.45) is 16.8 Å². The van der Waals surface area contributed by atoms with Crippen molar-refractivity contribution < 1.29 is 18.4 Å². The fourth-order valence-electron chi connectivity index (χ4n) is 5.65. The van der Waals surface area contributed by atoms with Crippen LogP contribution in [0.4, 0.5) is 20.2 Å². The second-order valence-corrected chi connectivity index (χ2v) is 10.3. The van der Waals surface area contributed by atoms with E-state index in [0.717, 1.165) is 32.0 Å². The Hall–Kier alpha value is -2.81. The van der Waals surface area contributed by atoms with E-state index in [2.05, 4.69) is 25.7 Å². The van der Waals surface area contributed by atoms with E-state index in [4.69, 9.17) is 5.73 Å². The van der Waals surface area contributed by atoms with Gasteiger partial charge in [0.05, 0.1) is 30.3 Å². The largest absolute Gasteiger partial charge is 0.364 e. The molecule has 3 saturated heterocycles. The Labute approximate surface area is 220 Å². The van der Waals surface area contributed by atoms with Crippen LogP contribution in [0.3, 0.4) is 0 Å². The first-order valence-electron chi connectivity index (χ1n) is 13.0. The Morgan fingerprint density at radius 3 is 2.55 bits per heavy atom. The number of hydrogen-bond donors (Lipinski definition) is 3. The molecule has 0 saturated carbocycles. The number of pyridine rings is 1. The molecule has 3 fully saturated rings. The summed E-state index contributed by atoms with van der Waals surface area (Å²) in [6, 6.07) is -0.130. The van der Waals surface area contributed by atoms with Crippen LogP contribution in [0, 0.1) is 16.6 Å². The number of likely N-dealkylation sites (tertiary alicyclic amines) is 1. The zero-order valence-corrected chi connectivity index (χ0v) is 21.9. The number of aromatic nitrogens is 1. The summed E-state index contributed by atoms with van der Waals surface area (Å²) >= 11 is 0. The number of hydrogen-bond acceptors (Lipinski definition) is 10. The molecule has 0 aliphatic carbocycles. The number of halogens is 2. The average Bonchev–Trinajstić information content (AvgIpc) is 2.90. The molecule has 4 rings (SSSR count). The summed E-state index contributed by atoms with van der Waals surface area (Å²) in [7, 11) is 3.58. The van der Waals surface area contributed by atoms with Gasteiger partial charge < -0.3 is 20.9 Å². The van der Waals surface area contributed by atoms with Crippen molar-refractivity contribution in [1.82, 2.24) is 25.0 Å². The number of rotatable bonds is 7. The van der Waals surface area contributed by atoms with Gasteiger partial charge in [0.15, 0.2) is 12.0 Å². The SMILES string of the molecule is CN1CCCCC1C(=O)N1CCN(c2c(F)cncc2NC(=O)C(C(N)N=O)C2NCC(F)CN2C)CC1. The maximum Gasteiger partial charge on any atom is 0.240 e. The number of piperazine rings is 1. The average molecular weight is 538 g/mol. The Morgan fingerprint density at radius 2 is 1.89 bits per heavy atom. The fourth-order valence-corrected chi connectivity index (χ4v) is 5.65. The van der Waals surface area contributed by atoms with Crippen LogP contribution in [0.5, 0.6) is 0 Å². The van der Waals surface area contributed by atoms with E-state index in [0.29, 0.717) is 26.2 Å². The lowest BCUT2D eigenvalue weighted by Crippen LogP contribution is -2.62. The second-order valence-electron chi connectivity index (χ2n) is 10.3. The fraction of sp³-hybridized carbons (Fsp3) is 0.708. The summed E-state index contributed by atoms with van der Waals surface area (Å²) in [5, 5.41) is 8.42. The molecule has 5 unspecified atom stereocenters. The number of nitrogens with one attached hydrogen (secondary N) is 2. The third-order valence-electron chi connectivity index (χ3n) is 7.74. The molecular weight excluding hydrogens is 500 g/mol. The van der Waals surface area contributed by atoms with Gasteiger partial charge in [0, 0.05) is 39.3 Å². The van der Waals surface area contributed by atoms with E-state index in [-0.39, 0.29) is 36.4 Å². The Morgan fingerprint density at radius 1 is 1.16 bits per heavy atom. The summed E-state index contributed by atoms with van der Waals surface area (Å²) in [6.45, 7) is 2.53. The minimum Gasteiger partial charge on any atom is -0.364 e. The first kappa shape index (κ1) is 28.2. The number of alkyl halides is 1. The van der Waals surface area contributed by atoms with E-state index in [9.17, 15) is 18.9 Å². The number of amides is 2. The van der Waals surface area contributed by atoms with Gasteiger partial charge in [-0.25, -0.2) is 8.78 Å². The van der Waals surface area contributed by atoms with Gasteiger partial charge in [-0.05, 0) is 33.5 Å². The van der Waals surface area contributed by atoms with Crippen molar-refractivity contribution in [2.75, 3.05) is 70.1 Å². The highest BCUT2D eigenvalue weighted by molar-refractivity contribution is 5.96. The summed E-state index contributed by atoms with van der Waals surface area (Å²) in [5.41, 5.74) is 6.15. The topological polar surface area (TPSA) is 140 Å². The van der Waals surface area contributed by atoms with Crippen LogP contribution in [0.25, 0.3) is 0 Å². The number of nitrogens with zero attached hydrogens (tertiary/aromatic N) is 6. The third kappa shape index (κ3) is 6.08. The van der Waals surface area contributed by atoms with Crippen molar-refractivity contribution >= 4 is 23.2 Å². The number of likely N-dealkylation sites (N-methyl/N-ethyl adjacent to an activating group) is 1. The van der Waals surface area contributed by atoms with E-state index >= 15 is 4.39 Å². The van der Waals surface area contributed by atoms with Crippen LogP contribution in [0.15, 0.2) is 17.6 Å². The van der Waals surface area contributed by atoms with Crippen molar-refractivity contribution in [3.05, 3.63) is 23.1 Å². The van der Waals surface area contributed by atoms with Gasteiger partial charge >= 0.3 is 0 Å². The first-order valence-corrected chi connectivity index (χ1v) is 13.0. The molecule has 0 spiro atoms. The smallest absolute Gasteiger partial charge is 0.240 e. The van der Waals surface area contributed by atoms with E-state index in [1.54, 1.807) is 16.8 Å². The van der Waals surface area contributed by atoms with Gasteiger partial charge in [-0.15, -0.1) is 4.91 Å². The van der Waals surface area contributed by atoms with Crippen LogP contribution in [-0.4, -0.2) is 116 Å². The highest BCUT2D eigenvalue weighted by Crippen LogP contribution is 2.31. The van der Waals surface area contributed by atoms with Crippen LogP contribution < -0.4 is 21.3 Å². The Balaban J connectivity index is 1.47. The van der Waals surface area contributed by atoms with E-state index in [1.165, 1.54) is 6.20 Å². The molecule has 3 aliphatic rings. The van der Waals surface area contributed by atoms with Gasteiger partial charge in [-0.2, -0.15) is 0 Å². The highest BCUT2D eigenvalue weighted by atomic mass is 19.1. The monoisotopic (exact) mass is 537 g/mol. The molecular formula is C24H37F2N9O3. The maximum absolute atomic E-state index is 15.1. The summed E-state index contributed by atoms with van der Waals surface area (Å²) < 4.78 is 28.9. The summed E-state index contributed by atoms with van der Waals surface area (Å²) in [6.07, 6.45) is 2.05. The maximum atomic E-state index is 15.1. The first-order chi connectivity index (χ1) is 18.2. The van der Waals surface area contributed by atoms with Gasteiger partial charge in [-0.1, -0.05) is 11.6 Å². The zero-order chi connectivity index (χ0) is 27.4. The standard InChI is InChI=1S/C24H37F2N9O3/c1-32-6-4-3-5-18(32)24(37)35-9-7-34(8-10-35)20-16(26)12-28-13-17(20)30-23(36)19(21(27)31-38)22-29-11-15(25)14-33(22)2/h12-13,15,18-19,21-22,29H,3-11,14,27H2,1-2H3,(H,30,36). The molecule has 3 aliphatic heterocycles. The Kier molecular flexibility index (Phi) is 9.18. The van der Waals surface area contributed by atoms with Crippen LogP contribution in [-0.2, 0) is 9.59 Å². The lowest BCUT2D eigenvalue weighted by Gasteiger charge is -2.41. The van der Waals surface area contributed by atoms with E-state index < -0.39 is 36.1 Å². The van der Waals surface area contributed by atoms with Gasteiger partial charge in [-0.3, -0.25) is 29.7 Å².